The maximum Gasteiger partial charge on any atom is 0.225 e. The normalized spacial score (nSPS) is 19.8. The van der Waals surface area contributed by atoms with Crippen molar-refractivity contribution in [2.45, 2.75) is 51.7 Å². The van der Waals surface area contributed by atoms with E-state index in [1.54, 1.807) is 12.4 Å². The van der Waals surface area contributed by atoms with Crippen LogP contribution in [0.5, 0.6) is 11.5 Å². The summed E-state index contributed by atoms with van der Waals surface area (Å²) in [7, 11) is 0. The molecule has 1 aromatic carbocycles. The van der Waals surface area contributed by atoms with Gasteiger partial charge in [-0.05, 0) is 43.4 Å². The molecule has 1 aliphatic carbocycles. The molecule has 1 saturated carbocycles. The van der Waals surface area contributed by atoms with E-state index in [1.807, 2.05) is 31.2 Å². The molecule has 1 saturated heterocycles. The zero-order valence-corrected chi connectivity index (χ0v) is 17.7. The highest BCUT2D eigenvalue weighted by atomic mass is 16.5. The number of benzene rings is 1. The molecular formula is C23H30N4O3. The van der Waals surface area contributed by atoms with Gasteiger partial charge in [0, 0.05) is 19.9 Å². The lowest BCUT2D eigenvalue weighted by Gasteiger charge is -2.25. The molecule has 1 aromatic heterocycles. The second-order valence-electron chi connectivity index (χ2n) is 8.29. The van der Waals surface area contributed by atoms with Crippen molar-refractivity contribution in [3.8, 4) is 11.5 Å². The Morgan fingerprint density at radius 3 is 2.53 bits per heavy atom. The number of ether oxygens (including phenoxy) is 2. The zero-order valence-electron chi connectivity index (χ0n) is 17.7. The highest BCUT2D eigenvalue weighted by Gasteiger charge is 2.26. The minimum absolute atomic E-state index is 0.0173. The third kappa shape index (κ3) is 5.20. The van der Waals surface area contributed by atoms with Crippen molar-refractivity contribution < 1.29 is 14.3 Å². The number of carbonyl (C=O) groups excluding carboxylic acids is 1. The van der Waals surface area contributed by atoms with Crippen molar-refractivity contribution >= 4 is 11.9 Å². The van der Waals surface area contributed by atoms with Gasteiger partial charge < -0.3 is 19.7 Å². The van der Waals surface area contributed by atoms with E-state index in [2.05, 4.69) is 20.2 Å². The number of hydrogen-bond donors (Lipinski definition) is 1. The van der Waals surface area contributed by atoms with Crippen LogP contribution < -0.4 is 19.7 Å². The van der Waals surface area contributed by atoms with E-state index in [0.717, 1.165) is 49.1 Å². The van der Waals surface area contributed by atoms with Gasteiger partial charge in [-0.1, -0.05) is 18.6 Å². The third-order valence-electron chi connectivity index (χ3n) is 5.86. The van der Waals surface area contributed by atoms with Crippen LogP contribution in [0.2, 0.25) is 0 Å². The first-order valence-corrected chi connectivity index (χ1v) is 10.8. The minimum atomic E-state index is -0.0333. The monoisotopic (exact) mass is 410 g/mol. The average Bonchev–Trinajstić information content (AvgIpc) is 3.16. The van der Waals surface area contributed by atoms with Gasteiger partial charge in [0.05, 0.1) is 31.6 Å². The van der Waals surface area contributed by atoms with Crippen LogP contribution in [0.4, 0.5) is 5.95 Å². The fraction of sp³-hybridized carbons (Fsp3) is 0.522. The molecule has 2 aromatic rings. The first-order chi connectivity index (χ1) is 14.6. The van der Waals surface area contributed by atoms with Crippen LogP contribution in [-0.4, -0.2) is 41.7 Å². The zero-order chi connectivity index (χ0) is 20.9. The van der Waals surface area contributed by atoms with Gasteiger partial charge in [0.25, 0.3) is 0 Å². The van der Waals surface area contributed by atoms with Crippen LogP contribution >= 0.6 is 0 Å². The summed E-state index contributed by atoms with van der Waals surface area (Å²) in [5, 5.41) is 2.89. The topological polar surface area (TPSA) is 76.6 Å². The Hall–Kier alpha value is -2.83. The van der Waals surface area contributed by atoms with Gasteiger partial charge >= 0.3 is 0 Å². The van der Waals surface area contributed by atoms with Crippen molar-refractivity contribution in [1.29, 1.82) is 0 Å². The van der Waals surface area contributed by atoms with Crippen molar-refractivity contribution in [2.24, 2.45) is 5.92 Å². The number of anilines is 1. The predicted octanol–water partition coefficient (Wildman–Crippen LogP) is 3.51. The summed E-state index contributed by atoms with van der Waals surface area (Å²) in [4.78, 5) is 22.3. The van der Waals surface area contributed by atoms with Crippen LogP contribution in [0.15, 0.2) is 36.7 Å². The van der Waals surface area contributed by atoms with Gasteiger partial charge in [0.15, 0.2) is 5.75 Å². The van der Waals surface area contributed by atoms with Gasteiger partial charge in [-0.2, -0.15) is 0 Å². The van der Waals surface area contributed by atoms with Gasteiger partial charge in [0.1, 0.15) is 11.9 Å². The molecule has 160 valence electrons. The van der Waals surface area contributed by atoms with E-state index in [0.29, 0.717) is 5.92 Å². The number of nitrogens with one attached hydrogen (secondary N) is 1. The Balaban J connectivity index is 1.26. The average molecular weight is 411 g/mol. The molecule has 1 amide bonds. The molecular weight excluding hydrogens is 380 g/mol. The number of amides is 1. The molecule has 30 heavy (non-hydrogen) atoms. The molecule has 0 bridgehead atoms. The molecule has 2 aliphatic rings. The quantitative estimate of drug-likeness (QED) is 0.718. The molecule has 7 heteroatoms. The van der Waals surface area contributed by atoms with Crippen LogP contribution in [0, 0.1) is 5.92 Å². The van der Waals surface area contributed by atoms with Crippen LogP contribution in [0.3, 0.4) is 0 Å². The molecule has 0 radical (unpaired) electrons. The lowest BCUT2D eigenvalue weighted by atomic mass is 9.86. The Morgan fingerprint density at radius 1 is 1.17 bits per heavy atom. The number of nitrogens with zero attached hydrogens (tertiary/aromatic N) is 3. The maximum atomic E-state index is 11.2. The SMILES string of the molecule is CC(=O)NC(C)c1ccc(O[C@@H]2CCN(c3ncc(OCC4CCC4)cn3)C2)cc1. The Morgan fingerprint density at radius 2 is 1.90 bits per heavy atom. The summed E-state index contributed by atoms with van der Waals surface area (Å²) in [6.07, 6.45) is 8.42. The van der Waals surface area contributed by atoms with Crippen molar-refractivity contribution in [3.05, 3.63) is 42.2 Å². The van der Waals surface area contributed by atoms with Crippen molar-refractivity contribution in [3.63, 3.8) is 0 Å². The minimum Gasteiger partial charge on any atom is -0.490 e. The van der Waals surface area contributed by atoms with Gasteiger partial charge in [-0.15, -0.1) is 0 Å². The number of hydrogen-bond acceptors (Lipinski definition) is 6. The smallest absolute Gasteiger partial charge is 0.225 e. The molecule has 1 N–H and O–H groups in total. The molecule has 1 unspecified atom stereocenters. The standard InChI is InChI=1S/C23H30N4O3/c1-16(26-17(2)28)19-6-8-20(9-7-19)30-21-10-11-27(14-21)23-24-12-22(13-25-23)29-15-18-4-3-5-18/h6-9,12-13,16,18,21H,3-5,10-11,14-15H2,1-2H3,(H,26,28)/t16?,21-/m1/s1. The number of aromatic nitrogens is 2. The molecule has 2 fully saturated rings. The van der Waals surface area contributed by atoms with E-state index >= 15 is 0 Å². The molecule has 2 atom stereocenters. The fourth-order valence-corrected chi connectivity index (χ4v) is 3.84. The molecule has 2 heterocycles. The summed E-state index contributed by atoms with van der Waals surface area (Å²) in [5.74, 6) is 2.96. The summed E-state index contributed by atoms with van der Waals surface area (Å²) in [5.41, 5.74) is 1.05. The van der Waals surface area contributed by atoms with Gasteiger partial charge in [0.2, 0.25) is 11.9 Å². The Labute approximate surface area is 177 Å². The molecule has 7 nitrogen and oxygen atoms in total. The Kier molecular flexibility index (Phi) is 6.35. The summed E-state index contributed by atoms with van der Waals surface area (Å²) in [6, 6.07) is 7.89. The van der Waals surface area contributed by atoms with Gasteiger partial charge in [-0.3, -0.25) is 4.79 Å². The highest BCUT2D eigenvalue weighted by molar-refractivity contribution is 5.73. The second kappa shape index (κ2) is 9.32. The van der Waals surface area contributed by atoms with E-state index in [1.165, 1.54) is 26.2 Å². The maximum absolute atomic E-state index is 11.2. The van der Waals surface area contributed by atoms with E-state index < -0.39 is 0 Å². The largest absolute Gasteiger partial charge is 0.490 e. The highest BCUT2D eigenvalue weighted by Crippen LogP contribution is 2.27. The lowest BCUT2D eigenvalue weighted by Crippen LogP contribution is -2.26. The molecule has 4 rings (SSSR count). The van der Waals surface area contributed by atoms with Crippen molar-refractivity contribution in [1.82, 2.24) is 15.3 Å². The third-order valence-corrected chi connectivity index (χ3v) is 5.86. The summed E-state index contributed by atoms with van der Waals surface area (Å²) >= 11 is 0. The van der Waals surface area contributed by atoms with E-state index in [4.69, 9.17) is 9.47 Å². The van der Waals surface area contributed by atoms with Crippen LogP contribution in [-0.2, 0) is 4.79 Å². The van der Waals surface area contributed by atoms with E-state index in [9.17, 15) is 4.79 Å². The molecule has 1 aliphatic heterocycles. The van der Waals surface area contributed by atoms with Crippen molar-refractivity contribution in [2.75, 3.05) is 24.6 Å². The first-order valence-electron chi connectivity index (χ1n) is 10.8. The Bertz CT molecular complexity index is 837. The van der Waals surface area contributed by atoms with Crippen LogP contribution in [0.25, 0.3) is 0 Å². The second-order valence-corrected chi connectivity index (χ2v) is 8.29. The first kappa shape index (κ1) is 20.4. The van der Waals surface area contributed by atoms with Crippen LogP contribution in [0.1, 0.15) is 51.1 Å². The predicted molar refractivity (Wildman–Crippen MR) is 115 cm³/mol. The van der Waals surface area contributed by atoms with Gasteiger partial charge in [-0.25, -0.2) is 9.97 Å². The fourth-order valence-electron chi connectivity index (χ4n) is 3.84. The number of rotatable bonds is 8. The lowest BCUT2D eigenvalue weighted by molar-refractivity contribution is -0.119. The molecule has 0 spiro atoms. The summed E-state index contributed by atoms with van der Waals surface area (Å²) in [6.45, 7) is 5.89. The number of carbonyl (C=O) groups is 1. The summed E-state index contributed by atoms with van der Waals surface area (Å²) < 4.78 is 11.9. The van der Waals surface area contributed by atoms with E-state index in [-0.39, 0.29) is 18.1 Å².